The fraction of sp³-hybridized carbons (Fsp3) is 0.667. The third-order valence-electron chi connectivity index (χ3n) is 3.45. The number of H-pyrrole nitrogens is 1. The molecule has 0 bridgehead atoms. The van der Waals surface area contributed by atoms with Crippen LogP contribution in [0.4, 0.5) is 0 Å². The molecular weight excluding hydrogens is 218 g/mol. The van der Waals surface area contributed by atoms with Gasteiger partial charge in [-0.15, -0.1) is 0 Å². The van der Waals surface area contributed by atoms with Crippen molar-refractivity contribution in [3.05, 3.63) is 18.2 Å². The highest BCUT2D eigenvalue weighted by atomic mass is 16.5. The fourth-order valence-electron chi connectivity index (χ4n) is 2.14. The molecule has 1 fully saturated rings. The molecule has 1 amide bonds. The average molecular weight is 237 g/mol. The van der Waals surface area contributed by atoms with Crippen LogP contribution < -0.4 is 5.32 Å². The van der Waals surface area contributed by atoms with E-state index in [0.717, 1.165) is 31.4 Å². The predicted octanol–water partition coefficient (Wildman–Crippen LogP) is 1.03. The van der Waals surface area contributed by atoms with Crippen molar-refractivity contribution in [3.8, 4) is 0 Å². The molecule has 0 aromatic carbocycles. The molecule has 1 aliphatic carbocycles. The van der Waals surface area contributed by atoms with Gasteiger partial charge in [0.25, 0.3) is 0 Å². The molecule has 5 heteroatoms. The van der Waals surface area contributed by atoms with Gasteiger partial charge < -0.3 is 15.0 Å². The van der Waals surface area contributed by atoms with E-state index in [-0.39, 0.29) is 11.5 Å². The standard InChI is InChI=1S/C12H19N3O2/c1-17-12(4-2-5-12)7-11(16)14-6-3-10-8-13-9-15-10/h8-9H,2-7H2,1H3,(H,13,15)(H,14,16). The minimum atomic E-state index is -0.182. The zero-order valence-electron chi connectivity index (χ0n) is 10.2. The normalized spacial score (nSPS) is 17.5. The summed E-state index contributed by atoms with van der Waals surface area (Å²) in [4.78, 5) is 18.7. The molecular formula is C12H19N3O2. The Balaban J connectivity index is 1.67. The summed E-state index contributed by atoms with van der Waals surface area (Å²) in [7, 11) is 1.69. The van der Waals surface area contributed by atoms with Gasteiger partial charge in [-0.2, -0.15) is 0 Å². The maximum Gasteiger partial charge on any atom is 0.222 e. The number of ether oxygens (including phenoxy) is 1. The highest BCUT2D eigenvalue weighted by Gasteiger charge is 2.38. The summed E-state index contributed by atoms with van der Waals surface area (Å²) in [6.07, 6.45) is 7.84. The van der Waals surface area contributed by atoms with E-state index in [1.165, 1.54) is 0 Å². The van der Waals surface area contributed by atoms with Gasteiger partial charge in [-0.05, 0) is 19.3 Å². The summed E-state index contributed by atoms with van der Waals surface area (Å²) < 4.78 is 5.42. The highest BCUT2D eigenvalue weighted by Crippen LogP contribution is 2.37. The summed E-state index contributed by atoms with van der Waals surface area (Å²) in [5.74, 6) is 0.0751. The molecule has 1 aromatic rings. The van der Waals surface area contributed by atoms with Gasteiger partial charge in [0.15, 0.2) is 0 Å². The van der Waals surface area contributed by atoms with Crippen LogP contribution in [0.15, 0.2) is 12.5 Å². The average Bonchev–Trinajstić information content (AvgIpc) is 2.76. The number of hydrogen-bond acceptors (Lipinski definition) is 3. The topological polar surface area (TPSA) is 67.0 Å². The van der Waals surface area contributed by atoms with Crippen molar-refractivity contribution in [3.63, 3.8) is 0 Å². The molecule has 1 aromatic heterocycles. The van der Waals surface area contributed by atoms with Gasteiger partial charge in [-0.3, -0.25) is 4.79 Å². The number of imidazole rings is 1. The van der Waals surface area contributed by atoms with Gasteiger partial charge in [-0.25, -0.2) is 4.98 Å². The fourth-order valence-corrected chi connectivity index (χ4v) is 2.14. The second-order valence-corrected chi connectivity index (χ2v) is 4.59. The zero-order chi connectivity index (χ0) is 12.1. The molecule has 5 nitrogen and oxygen atoms in total. The van der Waals surface area contributed by atoms with Crippen LogP contribution in [0.25, 0.3) is 0 Å². The first kappa shape index (κ1) is 12.1. The number of methoxy groups -OCH3 is 1. The molecule has 17 heavy (non-hydrogen) atoms. The molecule has 1 aliphatic rings. The van der Waals surface area contributed by atoms with E-state index in [1.807, 2.05) is 0 Å². The molecule has 0 saturated heterocycles. The Labute approximate surface area is 101 Å². The number of carbonyl (C=O) groups is 1. The van der Waals surface area contributed by atoms with E-state index < -0.39 is 0 Å². The van der Waals surface area contributed by atoms with Gasteiger partial charge in [-0.1, -0.05) is 0 Å². The number of nitrogens with zero attached hydrogens (tertiary/aromatic N) is 1. The molecule has 0 spiro atoms. The maximum absolute atomic E-state index is 11.7. The summed E-state index contributed by atoms with van der Waals surface area (Å²) in [5, 5.41) is 2.91. The Kier molecular flexibility index (Phi) is 3.78. The second kappa shape index (κ2) is 5.31. The van der Waals surface area contributed by atoms with Crippen LogP contribution in [-0.2, 0) is 16.0 Å². The molecule has 1 saturated carbocycles. The lowest BCUT2D eigenvalue weighted by Crippen LogP contribution is -2.44. The van der Waals surface area contributed by atoms with Crippen molar-refractivity contribution in [1.82, 2.24) is 15.3 Å². The quantitative estimate of drug-likeness (QED) is 0.776. The Hall–Kier alpha value is -1.36. The second-order valence-electron chi connectivity index (χ2n) is 4.59. The van der Waals surface area contributed by atoms with Gasteiger partial charge in [0.1, 0.15) is 0 Å². The SMILES string of the molecule is COC1(CC(=O)NCCc2cnc[nH]2)CCC1. The number of aromatic amines is 1. The molecule has 2 rings (SSSR count). The third-order valence-corrected chi connectivity index (χ3v) is 3.45. The highest BCUT2D eigenvalue weighted by molar-refractivity contribution is 5.77. The van der Waals surface area contributed by atoms with Crippen molar-refractivity contribution < 1.29 is 9.53 Å². The smallest absolute Gasteiger partial charge is 0.222 e. The van der Waals surface area contributed by atoms with Crippen molar-refractivity contribution in [2.75, 3.05) is 13.7 Å². The number of hydrogen-bond donors (Lipinski definition) is 2. The van der Waals surface area contributed by atoms with E-state index >= 15 is 0 Å². The van der Waals surface area contributed by atoms with Crippen molar-refractivity contribution >= 4 is 5.91 Å². The first-order valence-electron chi connectivity index (χ1n) is 6.03. The molecule has 0 aliphatic heterocycles. The van der Waals surface area contributed by atoms with Gasteiger partial charge >= 0.3 is 0 Å². The Morgan fingerprint density at radius 2 is 2.47 bits per heavy atom. The lowest BCUT2D eigenvalue weighted by molar-refractivity contribution is -0.134. The van der Waals surface area contributed by atoms with E-state index in [4.69, 9.17) is 4.74 Å². The van der Waals surface area contributed by atoms with Crippen molar-refractivity contribution in [1.29, 1.82) is 0 Å². The van der Waals surface area contributed by atoms with Crippen LogP contribution in [0.5, 0.6) is 0 Å². The number of amides is 1. The van der Waals surface area contributed by atoms with Crippen LogP contribution in [0.1, 0.15) is 31.4 Å². The Morgan fingerprint density at radius 3 is 3.00 bits per heavy atom. The Bertz CT molecular complexity index is 352. The van der Waals surface area contributed by atoms with Crippen LogP contribution >= 0.6 is 0 Å². The van der Waals surface area contributed by atoms with Crippen molar-refractivity contribution in [2.45, 2.75) is 37.7 Å². The van der Waals surface area contributed by atoms with Crippen LogP contribution in [-0.4, -0.2) is 35.1 Å². The molecule has 0 unspecified atom stereocenters. The first-order valence-corrected chi connectivity index (χ1v) is 6.03. The first-order chi connectivity index (χ1) is 8.24. The number of carbonyl (C=O) groups excluding carboxylic acids is 1. The monoisotopic (exact) mass is 237 g/mol. The lowest BCUT2D eigenvalue weighted by Gasteiger charge is -2.39. The van der Waals surface area contributed by atoms with Crippen LogP contribution in [0, 0.1) is 0 Å². The van der Waals surface area contributed by atoms with Gasteiger partial charge in [0.05, 0.1) is 18.3 Å². The van der Waals surface area contributed by atoms with E-state index in [1.54, 1.807) is 19.6 Å². The lowest BCUT2D eigenvalue weighted by atomic mass is 9.77. The van der Waals surface area contributed by atoms with Crippen LogP contribution in [0.2, 0.25) is 0 Å². The molecule has 1 heterocycles. The predicted molar refractivity (Wildman–Crippen MR) is 63.5 cm³/mol. The number of aromatic nitrogens is 2. The summed E-state index contributed by atoms with van der Waals surface area (Å²) in [5.41, 5.74) is 0.855. The van der Waals surface area contributed by atoms with Crippen LogP contribution in [0.3, 0.4) is 0 Å². The summed E-state index contributed by atoms with van der Waals surface area (Å²) >= 11 is 0. The maximum atomic E-state index is 11.7. The van der Waals surface area contributed by atoms with Crippen molar-refractivity contribution in [2.24, 2.45) is 0 Å². The number of rotatable bonds is 6. The summed E-state index contributed by atoms with van der Waals surface area (Å²) in [6, 6.07) is 0. The van der Waals surface area contributed by atoms with E-state index in [0.29, 0.717) is 13.0 Å². The molecule has 2 N–H and O–H groups in total. The zero-order valence-corrected chi connectivity index (χ0v) is 10.2. The minimum Gasteiger partial charge on any atom is -0.378 e. The molecule has 0 radical (unpaired) electrons. The third kappa shape index (κ3) is 3.06. The minimum absolute atomic E-state index is 0.0751. The molecule has 0 atom stereocenters. The number of nitrogens with one attached hydrogen (secondary N) is 2. The van der Waals surface area contributed by atoms with E-state index in [2.05, 4.69) is 15.3 Å². The van der Waals surface area contributed by atoms with E-state index in [9.17, 15) is 4.79 Å². The van der Waals surface area contributed by atoms with Gasteiger partial charge in [0, 0.05) is 32.0 Å². The largest absolute Gasteiger partial charge is 0.378 e. The Morgan fingerprint density at radius 1 is 1.65 bits per heavy atom. The molecule has 94 valence electrons. The summed E-state index contributed by atoms with van der Waals surface area (Å²) in [6.45, 7) is 0.640. The van der Waals surface area contributed by atoms with Gasteiger partial charge in [0.2, 0.25) is 5.91 Å².